The predicted molar refractivity (Wildman–Crippen MR) is 110 cm³/mol. The third-order valence-electron chi connectivity index (χ3n) is 4.41. The third-order valence-corrected chi connectivity index (χ3v) is 4.41. The second-order valence-corrected chi connectivity index (χ2v) is 7.25. The molecule has 0 aromatic rings. The Kier molecular flexibility index (Phi) is 13.0. The number of carbonyl (C=O) groups is 5. The summed E-state index contributed by atoms with van der Waals surface area (Å²) in [5, 5.41) is 25.9. The van der Waals surface area contributed by atoms with E-state index >= 15 is 0 Å². The van der Waals surface area contributed by atoms with Crippen LogP contribution in [0, 0.1) is 0 Å². The highest BCUT2D eigenvalue weighted by Gasteiger charge is 2.31. The molecule has 5 unspecified atom stereocenters. The minimum atomic E-state index is -1.50. The topological polar surface area (TPSA) is 240 Å². The maximum Gasteiger partial charge on any atom is 0.326 e. The van der Waals surface area contributed by atoms with Crippen LogP contribution in [-0.2, 0) is 24.0 Å². The quantitative estimate of drug-likeness (QED) is 0.117. The lowest BCUT2D eigenvalue weighted by Gasteiger charge is -2.25. The van der Waals surface area contributed by atoms with Gasteiger partial charge in [-0.2, -0.15) is 0 Å². The number of carboxylic acid groups (broad SMARTS) is 1. The molecule has 4 amide bonds. The molecule has 0 aliphatic carbocycles. The normalized spacial score (nSPS) is 15.6. The highest BCUT2D eigenvalue weighted by Crippen LogP contribution is 2.02. The van der Waals surface area contributed by atoms with Crippen LogP contribution in [0.3, 0.4) is 0 Å². The summed E-state index contributed by atoms with van der Waals surface area (Å²) in [6, 6.07) is -4.85. The predicted octanol–water partition coefficient (Wildman–Crippen LogP) is -3.35. The molecule has 0 saturated carbocycles. The lowest BCUT2D eigenvalue weighted by molar-refractivity contribution is -0.143. The van der Waals surface area contributed by atoms with Crippen molar-refractivity contribution >= 4 is 29.6 Å². The summed E-state index contributed by atoms with van der Waals surface area (Å²) < 4.78 is 0. The molecule has 0 aromatic heterocycles. The number of hydrogen-bond acceptors (Lipinski definition) is 8. The van der Waals surface area contributed by atoms with Crippen LogP contribution in [0.5, 0.6) is 0 Å². The van der Waals surface area contributed by atoms with Crippen molar-refractivity contribution in [3.63, 3.8) is 0 Å². The first-order valence-corrected chi connectivity index (χ1v) is 9.96. The minimum absolute atomic E-state index is 0.259. The highest BCUT2D eigenvalue weighted by molar-refractivity contribution is 5.94. The zero-order valence-corrected chi connectivity index (χ0v) is 17.8. The number of aliphatic hydroxyl groups excluding tert-OH is 1. The van der Waals surface area contributed by atoms with E-state index in [2.05, 4.69) is 16.0 Å². The molecule has 13 heteroatoms. The molecule has 0 heterocycles. The van der Waals surface area contributed by atoms with E-state index < -0.39 is 59.9 Å². The number of carboxylic acids is 1. The number of nitrogens with two attached hydrogens (primary N) is 3. The SMILES string of the molecule is CC(NC(=O)C(N)CCCCN)C(=O)NC(C(=O)NC(CCC(N)=O)C(=O)O)C(C)O. The van der Waals surface area contributed by atoms with Crippen LogP contribution >= 0.6 is 0 Å². The lowest BCUT2D eigenvalue weighted by atomic mass is 10.1. The van der Waals surface area contributed by atoms with Crippen LogP contribution in [0.2, 0.25) is 0 Å². The number of unbranched alkanes of at least 4 members (excludes halogenated alkanes) is 1. The number of aliphatic carboxylic acids is 1. The summed E-state index contributed by atoms with van der Waals surface area (Å²) >= 11 is 0. The van der Waals surface area contributed by atoms with Crippen molar-refractivity contribution in [3.05, 3.63) is 0 Å². The zero-order chi connectivity index (χ0) is 24.1. The summed E-state index contributed by atoms with van der Waals surface area (Å²) in [6.07, 6.45) is -0.174. The standard InChI is InChI=1S/C18H34N6O7/c1-9(22-16(28)11(20)5-3-4-8-19)15(27)24-14(10(2)25)17(29)23-12(18(30)31)6-7-13(21)26/h9-12,14,25H,3-8,19-20H2,1-2H3,(H2,21,26)(H,22,28)(H,23,29)(H,24,27)(H,30,31). The van der Waals surface area contributed by atoms with Crippen molar-refractivity contribution in [1.29, 1.82) is 0 Å². The van der Waals surface area contributed by atoms with Crippen LogP contribution < -0.4 is 33.2 Å². The van der Waals surface area contributed by atoms with Crippen molar-refractivity contribution in [3.8, 4) is 0 Å². The molecule has 0 spiro atoms. The van der Waals surface area contributed by atoms with Gasteiger partial charge in [0.15, 0.2) is 0 Å². The molecule has 0 aliphatic heterocycles. The third kappa shape index (κ3) is 11.3. The number of primary amides is 1. The Labute approximate surface area is 180 Å². The summed E-state index contributed by atoms with van der Waals surface area (Å²) in [5.74, 6) is -4.47. The number of amides is 4. The van der Waals surface area contributed by atoms with Crippen LogP contribution in [0.15, 0.2) is 0 Å². The number of rotatable bonds is 15. The van der Waals surface area contributed by atoms with E-state index in [1.165, 1.54) is 13.8 Å². The van der Waals surface area contributed by atoms with E-state index in [9.17, 15) is 34.2 Å². The largest absolute Gasteiger partial charge is 0.480 e. The fourth-order valence-electron chi connectivity index (χ4n) is 2.51. The van der Waals surface area contributed by atoms with Crippen LogP contribution in [-0.4, -0.2) is 76.6 Å². The smallest absolute Gasteiger partial charge is 0.326 e. The number of carbonyl (C=O) groups excluding carboxylic acids is 4. The molecule has 31 heavy (non-hydrogen) atoms. The van der Waals surface area contributed by atoms with E-state index in [-0.39, 0.29) is 12.8 Å². The molecule has 0 fully saturated rings. The summed E-state index contributed by atoms with van der Waals surface area (Å²) in [4.78, 5) is 59.0. The lowest BCUT2D eigenvalue weighted by Crippen LogP contribution is -2.59. The van der Waals surface area contributed by atoms with Gasteiger partial charge >= 0.3 is 5.97 Å². The average molecular weight is 447 g/mol. The van der Waals surface area contributed by atoms with E-state index in [4.69, 9.17) is 17.2 Å². The van der Waals surface area contributed by atoms with Gasteiger partial charge < -0.3 is 43.4 Å². The number of aliphatic hydroxyl groups is 1. The Balaban J connectivity index is 4.93. The van der Waals surface area contributed by atoms with Gasteiger partial charge in [0, 0.05) is 6.42 Å². The zero-order valence-electron chi connectivity index (χ0n) is 17.8. The fourth-order valence-corrected chi connectivity index (χ4v) is 2.51. The molecule has 13 nitrogen and oxygen atoms in total. The summed E-state index contributed by atoms with van der Waals surface area (Å²) in [7, 11) is 0. The van der Waals surface area contributed by atoms with Gasteiger partial charge in [-0.3, -0.25) is 19.2 Å². The van der Waals surface area contributed by atoms with Gasteiger partial charge in [-0.05, 0) is 39.7 Å². The maximum atomic E-state index is 12.4. The van der Waals surface area contributed by atoms with Gasteiger partial charge in [0.25, 0.3) is 0 Å². The molecule has 0 bridgehead atoms. The van der Waals surface area contributed by atoms with Crippen molar-refractivity contribution in [2.75, 3.05) is 6.54 Å². The van der Waals surface area contributed by atoms with E-state index in [1.807, 2.05) is 0 Å². The van der Waals surface area contributed by atoms with Gasteiger partial charge in [0.1, 0.15) is 18.1 Å². The molecule has 0 saturated heterocycles. The summed E-state index contributed by atoms with van der Waals surface area (Å²) in [5.41, 5.74) is 16.1. The van der Waals surface area contributed by atoms with E-state index in [1.54, 1.807) is 0 Å². The molecule has 0 radical (unpaired) electrons. The Morgan fingerprint density at radius 1 is 0.903 bits per heavy atom. The molecule has 178 valence electrons. The fraction of sp³-hybridized carbons (Fsp3) is 0.722. The molecule has 0 aromatic carbocycles. The minimum Gasteiger partial charge on any atom is -0.480 e. The van der Waals surface area contributed by atoms with Gasteiger partial charge in [-0.15, -0.1) is 0 Å². The average Bonchev–Trinajstić information content (AvgIpc) is 2.67. The van der Waals surface area contributed by atoms with Crippen LogP contribution in [0.4, 0.5) is 0 Å². The Morgan fingerprint density at radius 2 is 1.52 bits per heavy atom. The van der Waals surface area contributed by atoms with Gasteiger partial charge in [-0.1, -0.05) is 6.42 Å². The van der Waals surface area contributed by atoms with Crippen molar-refractivity contribution < 1.29 is 34.2 Å². The molecular formula is C18H34N6O7. The second-order valence-electron chi connectivity index (χ2n) is 7.25. The van der Waals surface area contributed by atoms with Crippen molar-refractivity contribution in [2.24, 2.45) is 17.2 Å². The molecular weight excluding hydrogens is 412 g/mol. The Morgan fingerprint density at radius 3 is 2.00 bits per heavy atom. The van der Waals surface area contributed by atoms with Gasteiger partial charge in [0.2, 0.25) is 23.6 Å². The molecule has 5 atom stereocenters. The first kappa shape index (κ1) is 28.2. The highest BCUT2D eigenvalue weighted by atomic mass is 16.4. The van der Waals surface area contributed by atoms with Crippen LogP contribution in [0.25, 0.3) is 0 Å². The van der Waals surface area contributed by atoms with E-state index in [0.29, 0.717) is 25.8 Å². The van der Waals surface area contributed by atoms with Crippen LogP contribution in [0.1, 0.15) is 46.0 Å². The Bertz CT molecular complexity index is 643. The molecule has 0 rings (SSSR count). The molecule has 11 N–H and O–H groups in total. The monoisotopic (exact) mass is 446 g/mol. The first-order valence-electron chi connectivity index (χ1n) is 9.96. The Hall–Kier alpha value is -2.77. The number of nitrogens with one attached hydrogen (secondary N) is 3. The first-order chi connectivity index (χ1) is 14.4. The van der Waals surface area contributed by atoms with E-state index in [0.717, 1.165) is 0 Å². The molecule has 0 aliphatic rings. The van der Waals surface area contributed by atoms with Crippen molar-refractivity contribution in [2.45, 2.75) is 76.2 Å². The second kappa shape index (κ2) is 14.3. The van der Waals surface area contributed by atoms with Gasteiger partial charge in [-0.25, -0.2) is 4.79 Å². The van der Waals surface area contributed by atoms with Crippen molar-refractivity contribution in [1.82, 2.24) is 16.0 Å². The summed E-state index contributed by atoms with van der Waals surface area (Å²) in [6.45, 7) is 3.06. The number of hydrogen-bond donors (Lipinski definition) is 8. The maximum absolute atomic E-state index is 12.4. The van der Waals surface area contributed by atoms with Gasteiger partial charge in [0.05, 0.1) is 12.1 Å².